The molecule has 1 aromatic carbocycles. The van der Waals surface area contributed by atoms with E-state index in [1.807, 2.05) is 18.2 Å². The van der Waals surface area contributed by atoms with Gasteiger partial charge in [-0.3, -0.25) is 9.69 Å². The Balaban J connectivity index is 1.55. The SMILES string of the molecule is C[C@@H]1CCC[C@@H](C)N1CCCNC(=O)Nc1cn(C)c(=O)c2ccccc12. The molecule has 0 unspecified atom stereocenters. The van der Waals surface area contributed by atoms with Gasteiger partial charge in [-0.1, -0.05) is 24.6 Å². The molecule has 1 saturated heterocycles. The number of aromatic nitrogens is 1. The second-order valence-corrected chi connectivity index (χ2v) is 7.61. The molecule has 1 fully saturated rings. The van der Waals surface area contributed by atoms with Gasteiger partial charge >= 0.3 is 6.03 Å². The van der Waals surface area contributed by atoms with Crippen molar-refractivity contribution >= 4 is 22.5 Å². The molecule has 1 aromatic heterocycles. The number of carbonyl (C=O) groups is 1. The Morgan fingerprint density at radius 3 is 2.52 bits per heavy atom. The minimum absolute atomic E-state index is 0.0682. The molecule has 0 spiro atoms. The number of pyridine rings is 1. The van der Waals surface area contributed by atoms with E-state index in [1.54, 1.807) is 19.3 Å². The lowest BCUT2D eigenvalue weighted by molar-refractivity contribution is 0.102. The van der Waals surface area contributed by atoms with Crippen LogP contribution in [0, 0.1) is 0 Å². The second kappa shape index (κ2) is 8.57. The summed E-state index contributed by atoms with van der Waals surface area (Å²) in [4.78, 5) is 27.1. The smallest absolute Gasteiger partial charge is 0.319 e. The van der Waals surface area contributed by atoms with Crippen LogP contribution in [-0.4, -0.2) is 40.7 Å². The van der Waals surface area contributed by atoms with Gasteiger partial charge in [-0.25, -0.2) is 4.79 Å². The molecule has 2 atom stereocenters. The number of carbonyl (C=O) groups excluding carboxylic acids is 1. The predicted molar refractivity (Wildman–Crippen MR) is 110 cm³/mol. The Morgan fingerprint density at radius 1 is 1.15 bits per heavy atom. The van der Waals surface area contributed by atoms with E-state index < -0.39 is 0 Å². The van der Waals surface area contributed by atoms with E-state index in [0.29, 0.717) is 29.7 Å². The monoisotopic (exact) mass is 370 g/mol. The Kier molecular flexibility index (Phi) is 6.16. The van der Waals surface area contributed by atoms with Crippen LogP contribution in [0.4, 0.5) is 10.5 Å². The number of fused-ring (bicyclic) bond motifs is 1. The molecule has 6 nitrogen and oxygen atoms in total. The van der Waals surface area contributed by atoms with E-state index >= 15 is 0 Å². The highest BCUT2D eigenvalue weighted by atomic mass is 16.2. The molecule has 0 bridgehead atoms. The molecule has 2 heterocycles. The Bertz CT molecular complexity index is 851. The van der Waals surface area contributed by atoms with Gasteiger partial charge in [0, 0.05) is 49.2 Å². The molecule has 2 amide bonds. The molecule has 6 heteroatoms. The zero-order valence-electron chi connectivity index (χ0n) is 16.5. The molecule has 0 radical (unpaired) electrons. The highest BCUT2D eigenvalue weighted by molar-refractivity contribution is 6.00. The first-order valence-electron chi connectivity index (χ1n) is 9.86. The zero-order chi connectivity index (χ0) is 19.4. The van der Waals surface area contributed by atoms with E-state index in [1.165, 1.54) is 23.8 Å². The topological polar surface area (TPSA) is 66.4 Å². The van der Waals surface area contributed by atoms with Crippen molar-refractivity contribution in [3.05, 3.63) is 40.8 Å². The number of urea groups is 1. The summed E-state index contributed by atoms with van der Waals surface area (Å²) in [6.45, 7) is 6.22. The van der Waals surface area contributed by atoms with Crippen molar-refractivity contribution in [1.82, 2.24) is 14.8 Å². The molecule has 2 N–H and O–H groups in total. The van der Waals surface area contributed by atoms with Crippen LogP contribution in [0.25, 0.3) is 10.8 Å². The fourth-order valence-electron chi connectivity index (χ4n) is 4.06. The minimum atomic E-state index is -0.237. The fourth-order valence-corrected chi connectivity index (χ4v) is 4.06. The van der Waals surface area contributed by atoms with Crippen molar-refractivity contribution in [2.75, 3.05) is 18.4 Å². The van der Waals surface area contributed by atoms with Crippen molar-refractivity contribution in [1.29, 1.82) is 0 Å². The van der Waals surface area contributed by atoms with E-state index in [9.17, 15) is 9.59 Å². The fraction of sp³-hybridized carbons (Fsp3) is 0.524. The van der Waals surface area contributed by atoms with Gasteiger partial charge in [-0.2, -0.15) is 0 Å². The van der Waals surface area contributed by atoms with Crippen LogP contribution in [0.5, 0.6) is 0 Å². The molecular weight excluding hydrogens is 340 g/mol. The quantitative estimate of drug-likeness (QED) is 0.794. The Morgan fingerprint density at radius 2 is 1.81 bits per heavy atom. The standard InChI is InChI=1S/C21H30N4O2/c1-15-8-6-9-16(2)25(15)13-7-12-22-21(27)23-19-14-24(3)20(26)18-11-5-4-10-17(18)19/h4-5,10-11,14-16H,6-9,12-13H2,1-3H3,(H2,22,23,27)/t15-,16-/m1/s1. The van der Waals surface area contributed by atoms with Crippen molar-refractivity contribution in [2.24, 2.45) is 7.05 Å². The highest BCUT2D eigenvalue weighted by Gasteiger charge is 2.23. The molecular formula is C21H30N4O2. The second-order valence-electron chi connectivity index (χ2n) is 7.61. The van der Waals surface area contributed by atoms with Crippen LogP contribution >= 0.6 is 0 Å². The molecule has 3 rings (SSSR count). The molecule has 1 aliphatic heterocycles. The maximum absolute atomic E-state index is 12.3. The molecule has 0 aliphatic carbocycles. The average Bonchev–Trinajstić information content (AvgIpc) is 2.65. The van der Waals surface area contributed by atoms with Crippen LogP contribution in [0.3, 0.4) is 0 Å². The van der Waals surface area contributed by atoms with Crippen LogP contribution in [-0.2, 0) is 7.05 Å². The third-order valence-corrected chi connectivity index (χ3v) is 5.59. The van der Waals surface area contributed by atoms with Crippen molar-refractivity contribution in [3.8, 4) is 0 Å². The van der Waals surface area contributed by atoms with Gasteiger partial charge < -0.3 is 15.2 Å². The number of aryl methyl sites for hydroxylation is 1. The van der Waals surface area contributed by atoms with Crippen molar-refractivity contribution < 1.29 is 4.79 Å². The maximum atomic E-state index is 12.3. The summed E-state index contributed by atoms with van der Waals surface area (Å²) in [6.07, 6.45) is 6.43. The van der Waals surface area contributed by atoms with E-state index in [4.69, 9.17) is 0 Å². The largest absolute Gasteiger partial charge is 0.338 e. The number of hydrogen-bond acceptors (Lipinski definition) is 3. The summed E-state index contributed by atoms with van der Waals surface area (Å²) >= 11 is 0. The van der Waals surface area contributed by atoms with Gasteiger partial charge in [-0.15, -0.1) is 0 Å². The number of anilines is 1. The third-order valence-electron chi connectivity index (χ3n) is 5.59. The summed E-state index contributed by atoms with van der Waals surface area (Å²) in [5.74, 6) is 0. The van der Waals surface area contributed by atoms with Gasteiger partial charge in [-0.05, 0) is 39.2 Å². The summed E-state index contributed by atoms with van der Waals surface area (Å²) in [7, 11) is 1.69. The molecule has 27 heavy (non-hydrogen) atoms. The normalized spacial score (nSPS) is 20.6. The lowest BCUT2D eigenvalue weighted by Gasteiger charge is -2.39. The molecule has 1 aliphatic rings. The number of benzene rings is 1. The van der Waals surface area contributed by atoms with Gasteiger partial charge in [0.2, 0.25) is 0 Å². The number of nitrogens with zero attached hydrogens (tertiary/aromatic N) is 2. The number of hydrogen-bond donors (Lipinski definition) is 2. The van der Waals surface area contributed by atoms with E-state index in [2.05, 4.69) is 29.4 Å². The van der Waals surface area contributed by atoms with Crippen LogP contribution in [0.2, 0.25) is 0 Å². The Hall–Kier alpha value is -2.34. The molecule has 146 valence electrons. The summed E-state index contributed by atoms with van der Waals surface area (Å²) in [5.41, 5.74) is 0.574. The molecule has 0 saturated carbocycles. The van der Waals surface area contributed by atoms with E-state index in [-0.39, 0.29) is 11.6 Å². The van der Waals surface area contributed by atoms with Gasteiger partial charge in [0.15, 0.2) is 0 Å². The summed E-state index contributed by atoms with van der Waals surface area (Å²) < 4.78 is 1.50. The molecule has 2 aromatic rings. The average molecular weight is 370 g/mol. The van der Waals surface area contributed by atoms with Crippen LogP contribution in [0.15, 0.2) is 35.3 Å². The zero-order valence-corrected chi connectivity index (χ0v) is 16.5. The number of nitrogens with one attached hydrogen (secondary N) is 2. The summed E-state index contributed by atoms with van der Waals surface area (Å²) in [5, 5.41) is 7.18. The summed E-state index contributed by atoms with van der Waals surface area (Å²) in [6, 6.07) is 8.34. The van der Waals surface area contributed by atoms with Crippen LogP contribution in [0.1, 0.15) is 39.5 Å². The maximum Gasteiger partial charge on any atom is 0.319 e. The van der Waals surface area contributed by atoms with Gasteiger partial charge in [0.05, 0.1) is 5.69 Å². The van der Waals surface area contributed by atoms with Gasteiger partial charge in [0.25, 0.3) is 5.56 Å². The van der Waals surface area contributed by atoms with Crippen molar-refractivity contribution in [2.45, 2.75) is 51.6 Å². The first-order valence-corrected chi connectivity index (χ1v) is 9.86. The van der Waals surface area contributed by atoms with E-state index in [0.717, 1.165) is 18.4 Å². The Labute approximate surface area is 160 Å². The predicted octanol–water partition coefficient (Wildman–Crippen LogP) is 3.31. The van der Waals surface area contributed by atoms with Crippen LogP contribution < -0.4 is 16.2 Å². The number of likely N-dealkylation sites (tertiary alicyclic amines) is 1. The lowest BCUT2D eigenvalue weighted by atomic mass is 9.97. The minimum Gasteiger partial charge on any atom is -0.338 e. The number of piperidine rings is 1. The first-order chi connectivity index (χ1) is 13.0. The third kappa shape index (κ3) is 4.50. The number of rotatable bonds is 5. The first kappa shape index (κ1) is 19.4. The number of amides is 2. The van der Waals surface area contributed by atoms with Crippen molar-refractivity contribution in [3.63, 3.8) is 0 Å². The lowest BCUT2D eigenvalue weighted by Crippen LogP contribution is -2.45. The van der Waals surface area contributed by atoms with Gasteiger partial charge in [0.1, 0.15) is 0 Å². The highest BCUT2D eigenvalue weighted by Crippen LogP contribution is 2.22.